The average molecular weight is 445 g/mol. The van der Waals surface area contributed by atoms with Gasteiger partial charge in [0.15, 0.2) is 0 Å². The topological polar surface area (TPSA) is 116 Å². The van der Waals surface area contributed by atoms with Crippen LogP contribution in [-0.4, -0.2) is 49.2 Å². The van der Waals surface area contributed by atoms with Gasteiger partial charge in [-0.15, -0.1) is 5.10 Å². The van der Waals surface area contributed by atoms with E-state index in [4.69, 9.17) is 9.47 Å². The van der Waals surface area contributed by atoms with Gasteiger partial charge in [0, 0.05) is 7.05 Å². The molecule has 174 valence electrons. The Balaban J connectivity index is 1.74. The van der Waals surface area contributed by atoms with Crippen molar-refractivity contribution in [1.29, 1.82) is 0 Å². The van der Waals surface area contributed by atoms with Gasteiger partial charge in [0.2, 0.25) is 0 Å². The highest BCUT2D eigenvalue weighted by molar-refractivity contribution is 5.75. The summed E-state index contributed by atoms with van der Waals surface area (Å²) in [5.41, 5.74) is 2.45. The van der Waals surface area contributed by atoms with Gasteiger partial charge in [-0.05, 0) is 57.6 Å². The predicted molar refractivity (Wildman–Crippen MR) is 117 cm³/mol. The third kappa shape index (κ3) is 5.63. The molecule has 0 bridgehead atoms. The number of aromatic nitrogens is 4. The van der Waals surface area contributed by atoms with Crippen molar-refractivity contribution in [2.45, 2.75) is 77.9 Å². The zero-order valence-electron chi connectivity index (χ0n) is 19.2. The molecule has 1 aliphatic rings. The molecular weight excluding hydrogens is 412 g/mol. The summed E-state index contributed by atoms with van der Waals surface area (Å²) in [7, 11) is 1.74. The van der Waals surface area contributed by atoms with Crippen molar-refractivity contribution in [3.8, 4) is 17.1 Å². The van der Waals surface area contributed by atoms with Crippen molar-refractivity contribution < 1.29 is 24.2 Å². The summed E-state index contributed by atoms with van der Waals surface area (Å²) in [6.45, 7) is 5.82. The summed E-state index contributed by atoms with van der Waals surface area (Å²) < 4.78 is 13.2. The van der Waals surface area contributed by atoms with Crippen LogP contribution in [0.5, 0.6) is 5.75 Å². The molecular formula is C23H32N4O5. The van der Waals surface area contributed by atoms with E-state index in [1.54, 1.807) is 17.8 Å². The average Bonchev–Trinajstić information content (AvgIpc) is 3.13. The predicted octanol–water partition coefficient (Wildman–Crippen LogP) is 3.48. The Morgan fingerprint density at radius 2 is 2.00 bits per heavy atom. The number of hydrogen-bond acceptors (Lipinski definition) is 7. The van der Waals surface area contributed by atoms with E-state index in [2.05, 4.69) is 15.3 Å². The maximum absolute atomic E-state index is 12.4. The minimum absolute atomic E-state index is 0.0625. The highest BCUT2D eigenvalue weighted by Gasteiger charge is 2.28. The van der Waals surface area contributed by atoms with E-state index in [1.807, 2.05) is 26.8 Å². The van der Waals surface area contributed by atoms with E-state index in [9.17, 15) is 14.7 Å². The first kappa shape index (κ1) is 23.7. The lowest BCUT2D eigenvalue weighted by molar-refractivity contribution is -0.148. The van der Waals surface area contributed by atoms with Crippen molar-refractivity contribution in [3.63, 3.8) is 0 Å². The monoisotopic (exact) mass is 444 g/mol. The number of rotatable bonds is 9. The standard InChI is InChI=1S/C23H32N4O5/c1-5-16(6-2)32-21(28)13-19-22(25-26-27(19)4)18-10-11-20(14(3)24-18)31-17-9-7-8-15(12-17)23(29)30/h10-11,15-17H,5-9,12-13H2,1-4H3,(H,29,30)/t15-,17-/m0/s1. The normalized spacial score (nSPS) is 18.5. The second-order valence-electron chi connectivity index (χ2n) is 8.34. The number of aryl methyl sites for hydroxylation is 2. The minimum atomic E-state index is -0.763. The van der Waals surface area contributed by atoms with Crippen LogP contribution < -0.4 is 4.74 Å². The van der Waals surface area contributed by atoms with Crippen LogP contribution in [0.4, 0.5) is 0 Å². The lowest BCUT2D eigenvalue weighted by atomic mass is 9.87. The molecule has 0 unspecified atom stereocenters. The van der Waals surface area contributed by atoms with Crippen LogP contribution in [0.25, 0.3) is 11.4 Å². The fourth-order valence-electron chi connectivity index (χ4n) is 4.05. The Kier molecular flexibility index (Phi) is 7.82. The van der Waals surface area contributed by atoms with Crippen molar-refractivity contribution in [2.75, 3.05) is 0 Å². The Morgan fingerprint density at radius 3 is 2.66 bits per heavy atom. The Labute approximate surface area is 188 Å². The number of nitrogens with zero attached hydrogens (tertiary/aromatic N) is 4. The van der Waals surface area contributed by atoms with Crippen molar-refractivity contribution in [1.82, 2.24) is 20.0 Å². The number of carbonyl (C=O) groups is 2. The molecule has 0 aromatic carbocycles. The number of esters is 1. The van der Waals surface area contributed by atoms with E-state index >= 15 is 0 Å². The van der Waals surface area contributed by atoms with Crippen molar-refractivity contribution in [2.24, 2.45) is 13.0 Å². The van der Waals surface area contributed by atoms with E-state index in [-0.39, 0.29) is 30.5 Å². The zero-order valence-corrected chi connectivity index (χ0v) is 19.2. The van der Waals surface area contributed by atoms with Crippen LogP contribution in [-0.2, 0) is 27.8 Å². The molecule has 32 heavy (non-hydrogen) atoms. The third-order valence-electron chi connectivity index (χ3n) is 6.01. The van der Waals surface area contributed by atoms with Crippen molar-refractivity contribution >= 4 is 11.9 Å². The van der Waals surface area contributed by atoms with Gasteiger partial charge in [-0.1, -0.05) is 19.1 Å². The van der Waals surface area contributed by atoms with Crippen LogP contribution in [0, 0.1) is 12.8 Å². The molecule has 0 amide bonds. The molecule has 2 atom stereocenters. The quantitative estimate of drug-likeness (QED) is 0.584. The fraction of sp³-hybridized carbons (Fsp3) is 0.609. The molecule has 0 spiro atoms. The molecule has 1 fully saturated rings. The molecule has 1 N–H and O–H groups in total. The molecule has 0 aliphatic heterocycles. The van der Waals surface area contributed by atoms with Crippen LogP contribution in [0.15, 0.2) is 12.1 Å². The van der Waals surface area contributed by atoms with Gasteiger partial charge in [-0.3, -0.25) is 14.3 Å². The number of pyridine rings is 1. The molecule has 1 aliphatic carbocycles. The highest BCUT2D eigenvalue weighted by Crippen LogP contribution is 2.30. The van der Waals surface area contributed by atoms with E-state index in [0.717, 1.165) is 25.7 Å². The number of aliphatic carboxylic acids is 1. The Morgan fingerprint density at radius 1 is 1.25 bits per heavy atom. The van der Waals surface area contributed by atoms with Gasteiger partial charge in [0.25, 0.3) is 0 Å². The summed E-state index contributed by atoms with van der Waals surface area (Å²) in [5.74, 6) is -0.805. The van der Waals surface area contributed by atoms with Gasteiger partial charge in [0.05, 0.1) is 35.5 Å². The largest absolute Gasteiger partial charge is 0.489 e. The van der Waals surface area contributed by atoms with E-state index in [0.29, 0.717) is 41.4 Å². The van der Waals surface area contributed by atoms with Crippen LogP contribution in [0.2, 0.25) is 0 Å². The Hall–Kier alpha value is -2.97. The smallest absolute Gasteiger partial charge is 0.312 e. The minimum Gasteiger partial charge on any atom is -0.489 e. The lowest BCUT2D eigenvalue weighted by Crippen LogP contribution is -2.29. The summed E-state index contributed by atoms with van der Waals surface area (Å²) in [4.78, 5) is 28.4. The first-order valence-electron chi connectivity index (χ1n) is 11.3. The Bertz CT molecular complexity index is 954. The molecule has 2 aromatic heterocycles. The van der Waals surface area contributed by atoms with Crippen molar-refractivity contribution in [3.05, 3.63) is 23.5 Å². The first-order chi connectivity index (χ1) is 15.3. The number of hydrogen-bond donors (Lipinski definition) is 1. The number of ether oxygens (including phenoxy) is 2. The molecule has 2 heterocycles. The zero-order chi connectivity index (χ0) is 23.3. The molecule has 2 aromatic rings. The second kappa shape index (κ2) is 10.6. The SMILES string of the molecule is CCC(CC)OC(=O)Cc1c(-c2ccc(O[C@H]3CCC[C@H](C(=O)O)C3)c(C)n2)nnn1C. The summed E-state index contributed by atoms with van der Waals surface area (Å²) in [6, 6.07) is 3.61. The summed E-state index contributed by atoms with van der Waals surface area (Å²) in [5, 5.41) is 17.6. The molecule has 9 heteroatoms. The maximum Gasteiger partial charge on any atom is 0.312 e. The molecule has 0 radical (unpaired) electrons. The third-order valence-corrected chi connectivity index (χ3v) is 6.01. The second-order valence-corrected chi connectivity index (χ2v) is 8.34. The van der Waals surface area contributed by atoms with Gasteiger partial charge >= 0.3 is 11.9 Å². The maximum atomic E-state index is 12.4. The summed E-state index contributed by atoms with van der Waals surface area (Å²) in [6.07, 6.45) is 4.24. The van der Waals surface area contributed by atoms with Gasteiger partial charge < -0.3 is 14.6 Å². The number of carbonyl (C=O) groups excluding carboxylic acids is 1. The van der Waals surface area contributed by atoms with Crippen LogP contribution in [0.3, 0.4) is 0 Å². The first-order valence-corrected chi connectivity index (χ1v) is 11.3. The summed E-state index contributed by atoms with van der Waals surface area (Å²) >= 11 is 0. The van der Waals surface area contributed by atoms with Crippen LogP contribution >= 0.6 is 0 Å². The molecule has 1 saturated carbocycles. The highest BCUT2D eigenvalue weighted by atomic mass is 16.5. The molecule has 9 nitrogen and oxygen atoms in total. The van der Waals surface area contributed by atoms with Gasteiger partial charge in [-0.25, -0.2) is 4.98 Å². The fourth-order valence-corrected chi connectivity index (χ4v) is 4.05. The van der Waals surface area contributed by atoms with Gasteiger partial charge in [-0.2, -0.15) is 0 Å². The lowest BCUT2D eigenvalue weighted by Gasteiger charge is -2.27. The van der Waals surface area contributed by atoms with E-state index < -0.39 is 5.97 Å². The molecule has 0 saturated heterocycles. The number of carboxylic acids is 1. The van der Waals surface area contributed by atoms with Crippen LogP contribution in [0.1, 0.15) is 63.8 Å². The number of carboxylic acid groups (broad SMARTS) is 1. The van der Waals surface area contributed by atoms with Gasteiger partial charge in [0.1, 0.15) is 17.5 Å². The molecule has 3 rings (SSSR count). The van der Waals surface area contributed by atoms with E-state index in [1.165, 1.54) is 0 Å².